The number of benzene rings is 1. The first-order valence-corrected chi connectivity index (χ1v) is 7.53. The predicted molar refractivity (Wildman–Crippen MR) is 78.7 cm³/mol. The number of aryl methyl sites for hydroxylation is 2. The van der Waals surface area contributed by atoms with Crippen LogP contribution in [-0.2, 0) is 11.2 Å². The van der Waals surface area contributed by atoms with Gasteiger partial charge in [0, 0.05) is 24.2 Å². The smallest absolute Gasteiger partial charge is 0.127 e. The first-order chi connectivity index (χ1) is 9.22. The van der Waals surface area contributed by atoms with Gasteiger partial charge in [0.25, 0.3) is 0 Å². The highest BCUT2D eigenvalue weighted by Crippen LogP contribution is 2.39. The Bertz CT molecular complexity index is 474. The lowest BCUT2D eigenvalue weighted by molar-refractivity contribution is -0.115. The van der Waals surface area contributed by atoms with Crippen molar-refractivity contribution in [1.82, 2.24) is 0 Å². The second-order valence-electron chi connectivity index (χ2n) is 6.34. The van der Waals surface area contributed by atoms with Crippen LogP contribution in [0.2, 0.25) is 0 Å². The lowest BCUT2D eigenvalue weighted by Gasteiger charge is -2.37. The standard InChI is InChI=1S/C17H23NO/c1-14-6-7-16-15(11-14)5-4-10-18(16)12-17(13-19)8-2-3-9-17/h6-7,11,13H,2-5,8-10,12H2,1H3. The van der Waals surface area contributed by atoms with Gasteiger partial charge in [0.05, 0.1) is 0 Å². The van der Waals surface area contributed by atoms with Crippen molar-refractivity contribution in [2.24, 2.45) is 5.41 Å². The van der Waals surface area contributed by atoms with Crippen molar-refractivity contribution in [1.29, 1.82) is 0 Å². The molecule has 1 aromatic carbocycles. The third-order valence-corrected chi connectivity index (χ3v) is 4.80. The second-order valence-corrected chi connectivity index (χ2v) is 6.34. The molecular formula is C17H23NO. The van der Waals surface area contributed by atoms with Crippen LogP contribution in [0.25, 0.3) is 0 Å². The van der Waals surface area contributed by atoms with Gasteiger partial charge in [-0.2, -0.15) is 0 Å². The Morgan fingerprint density at radius 2 is 2.05 bits per heavy atom. The third kappa shape index (κ3) is 2.41. The molecule has 2 aliphatic rings. The van der Waals surface area contributed by atoms with E-state index in [4.69, 9.17) is 0 Å². The van der Waals surface area contributed by atoms with Crippen LogP contribution in [0.1, 0.15) is 43.2 Å². The molecule has 0 radical (unpaired) electrons. The summed E-state index contributed by atoms with van der Waals surface area (Å²) in [6.07, 6.45) is 8.22. The van der Waals surface area contributed by atoms with Gasteiger partial charge in [0.1, 0.15) is 6.29 Å². The van der Waals surface area contributed by atoms with Crippen LogP contribution >= 0.6 is 0 Å². The van der Waals surface area contributed by atoms with Gasteiger partial charge in [-0.15, -0.1) is 0 Å². The van der Waals surface area contributed by atoms with Gasteiger partial charge in [-0.1, -0.05) is 30.5 Å². The molecular weight excluding hydrogens is 234 g/mol. The van der Waals surface area contributed by atoms with Gasteiger partial charge >= 0.3 is 0 Å². The molecule has 0 amide bonds. The molecule has 1 saturated carbocycles. The molecule has 0 saturated heterocycles. The van der Waals surface area contributed by atoms with Gasteiger partial charge in [-0.25, -0.2) is 0 Å². The molecule has 1 aliphatic carbocycles. The summed E-state index contributed by atoms with van der Waals surface area (Å²) in [5.74, 6) is 0. The summed E-state index contributed by atoms with van der Waals surface area (Å²) < 4.78 is 0. The van der Waals surface area contributed by atoms with Crippen molar-refractivity contribution >= 4 is 12.0 Å². The summed E-state index contributed by atoms with van der Waals surface area (Å²) >= 11 is 0. The van der Waals surface area contributed by atoms with Crippen molar-refractivity contribution in [3.63, 3.8) is 0 Å². The Kier molecular flexibility index (Phi) is 3.34. The fourth-order valence-electron chi connectivity index (χ4n) is 3.74. The number of nitrogens with zero attached hydrogens (tertiary/aromatic N) is 1. The average Bonchev–Trinajstić information content (AvgIpc) is 2.88. The van der Waals surface area contributed by atoms with Crippen LogP contribution in [0, 0.1) is 12.3 Å². The van der Waals surface area contributed by atoms with E-state index in [9.17, 15) is 4.79 Å². The monoisotopic (exact) mass is 257 g/mol. The van der Waals surface area contributed by atoms with Crippen LogP contribution < -0.4 is 4.90 Å². The van der Waals surface area contributed by atoms with E-state index in [-0.39, 0.29) is 5.41 Å². The third-order valence-electron chi connectivity index (χ3n) is 4.80. The van der Waals surface area contributed by atoms with Crippen LogP contribution in [-0.4, -0.2) is 19.4 Å². The van der Waals surface area contributed by atoms with E-state index in [0.717, 1.165) is 25.9 Å². The fourth-order valence-corrected chi connectivity index (χ4v) is 3.74. The highest BCUT2D eigenvalue weighted by atomic mass is 16.1. The second kappa shape index (κ2) is 4.99. The maximum Gasteiger partial charge on any atom is 0.127 e. The first-order valence-electron chi connectivity index (χ1n) is 7.53. The molecule has 0 atom stereocenters. The molecule has 0 unspecified atom stereocenters. The van der Waals surface area contributed by atoms with Crippen LogP contribution in [0.5, 0.6) is 0 Å². The molecule has 1 heterocycles. The van der Waals surface area contributed by atoms with Crippen molar-refractivity contribution < 1.29 is 4.79 Å². The molecule has 1 fully saturated rings. The summed E-state index contributed by atoms with van der Waals surface area (Å²) in [7, 11) is 0. The summed E-state index contributed by atoms with van der Waals surface area (Å²) in [5, 5.41) is 0. The Hall–Kier alpha value is -1.31. The molecule has 0 spiro atoms. The molecule has 102 valence electrons. The Morgan fingerprint density at radius 1 is 1.26 bits per heavy atom. The van der Waals surface area contributed by atoms with E-state index in [0.29, 0.717) is 0 Å². The number of aldehydes is 1. The Balaban J connectivity index is 1.85. The van der Waals surface area contributed by atoms with Crippen molar-refractivity contribution in [2.75, 3.05) is 18.0 Å². The zero-order valence-corrected chi connectivity index (χ0v) is 11.8. The number of carbonyl (C=O) groups excluding carboxylic acids is 1. The van der Waals surface area contributed by atoms with Gasteiger partial charge in [0.2, 0.25) is 0 Å². The molecule has 1 aliphatic heterocycles. The zero-order valence-electron chi connectivity index (χ0n) is 11.8. The number of hydrogen-bond acceptors (Lipinski definition) is 2. The lowest BCUT2D eigenvalue weighted by Crippen LogP contribution is -2.40. The van der Waals surface area contributed by atoms with Gasteiger partial charge in [0.15, 0.2) is 0 Å². The van der Waals surface area contributed by atoms with Crippen LogP contribution in [0.4, 0.5) is 5.69 Å². The zero-order chi connectivity index (χ0) is 13.3. The molecule has 2 heteroatoms. The van der Waals surface area contributed by atoms with Crippen molar-refractivity contribution in [2.45, 2.75) is 45.4 Å². The molecule has 1 aromatic rings. The SMILES string of the molecule is Cc1ccc2c(c1)CCCN2CC1(C=O)CCCC1. The quantitative estimate of drug-likeness (QED) is 0.772. The highest BCUT2D eigenvalue weighted by Gasteiger charge is 2.36. The number of fused-ring (bicyclic) bond motifs is 1. The normalized spacial score (nSPS) is 21.2. The lowest BCUT2D eigenvalue weighted by atomic mass is 9.86. The first kappa shape index (κ1) is 12.7. The van der Waals surface area contributed by atoms with E-state index >= 15 is 0 Å². The van der Waals surface area contributed by atoms with Crippen LogP contribution in [0.3, 0.4) is 0 Å². The molecule has 0 bridgehead atoms. The van der Waals surface area contributed by atoms with Crippen LogP contribution in [0.15, 0.2) is 18.2 Å². The summed E-state index contributed by atoms with van der Waals surface area (Å²) in [4.78, 5) is 14.0. The van der Waals surface area contributed by atoms with Gasteiger partial charge < -0.3 is 9.69 Å². The molecule has 0 aromatic heterocycles. The minimum absolute atomic E-state index is 0.0699. The molecule has 19 heavy (non-hydrogen) atoms. The summed E-state index contributed by atoms with van der Waals surface area (Å²) in [5.41, 5.74) is 4.10. The highest BCUT2D eigenvalue weighted by molar-refractivity contribution is 5.64. The minimum atomic E-state index is -0.0699. The van der Waals surface area contributed by atoms with E-state index in [2.05, 4.69) is 30.0 Å². The molecule has 2 nitrogen and oxygen atoms in total. The van der Waals surface area contributed by atoms with E-state index in [1.165, 1.54) is 48.8 Å². The molecule has 0 N–H and O–H groups in total. The summed E-state index contributed by atoms with van der Waals surface area (Å²) in [6.45, 7) is 4.18. The minimum Gasteiger partial charge on any atom is -0.370 e. The summed E-state index contributed by atoms with van der Waals surface area (Å²) in [6, 6.07) is 6.75. The Labute approximate surface area is 115 Å². The number of hydrogen-bond donors (Lipinski definition) is 0. The van der Waals surface area contributed by atoms with Crippen molar-refractivity contribution in [3.8, 4) is 0 Å². The average molecular weight is 257 g/mol. The van der Waals surface area contributed by atoms with E-state index in [1.807, 2.05) is 0 Å². The van der Waals surface area contributed by atoms with Crippen molar-refractivity contribution in [3.05, 3.63) is 29.3 Å². The van der Waals surface area contributed by atoms with E-state index in [1.54, 1.807) is 0 Å². The van der Waals surface area contributed by atoms with Gasteiger partial charge in [-0.05, 0) is 44.2 Å². The topological polar surface area (TPSA) is 20.3 Å². The maximum atomic E-state index is 11.5. The van der Waals surface area contributed by atoms with Gasteiger partial charge in [-0.3, -0.25) is 0 Å². The molecule has 3 rings (SSSR count). The largest absolute Gasteiger partial charge is 0.370 e. The Morgan fingerprint density at radius 3 is 2.79 bits per heavy atom. The van der Waals surface area contributed by atoms with E-state index < -0.39 is 0 Å². The predicted octanol–water partition coefficient (Wildman–Crippen LogP) is 3.51. The number of rotatable bonds is 3. The number of anilines is 1. The number of carbonyl (C=O) groups is 1. The fraction of sp³-hybridized carbons (Fsp3) is 0.588. The maximum absolute atomic E-state index is 11.5.